The molecule has 0 fully saturated rings. The summed E-state index contributed by atoms with van der Waals surface area (Å²) < 4.78 is 8.70. The van der Waals surface area contributed by atoms with Crippen molar-refractivity contribution in [1.29, 1.82) is 0 Å². The van der Waals surface area contributed by atoms with Crippen molar-refractivity contribution in [3.63, 3.8) is 0 Å². The average Bonchev–Trinajstić information content (AvgIpc) is 2.17. The van der Waals surface area contributed by atoms with Crippen LogP contribution in [0.3, 0.4) is 0 Å². The molecule has 0 bridgehead atoms. The molecule has 0 heterocycles. The van der Waals surface area contributed by atoms with E-state index >= 15 is 0 Å². The van der Waals surface area contributed by atoms with Crippen LogP contribution in [0.1, 0.15) is 6.92 Å². The number of carbonyl (C=O) groups excluding carboxylic acids is 2. The Morgan fingerprint density at radius 1 is 1.27 bits per heavy atom. The molecule has 6 heteroatoms. The first-order valence-corrected chi connectivity index (χ1v) is 3.63. The van der Waals surface area contributed by atoms with Crippen molar-refractivity contribution in [2.75, 3.05) is 7.11 Å². The molecule has 0 spiro atoms. The average molecular weight is 216 g/mol. The third kappa shape index (κ3) is 8.23. The van der Waals surface area contributed by atoms with E-state index in [0.29, 0.717) is 0 Å². The lowest BCUT2D eigenvalue weighted by molar-refractivity contribution is -0.156. The predicted octanol–water partition coefficient (Wildman–Crippen LogP) is 0.493. The summed E-state index contributed by atoms with van der Waals surface area (Å²) in [4.78, 5) is 29.9. The van der Waals surface area contributed by atoms with Crippen molar-refractivity contribution in [2.45, 2.75) is 6.92 Å². The molecular formula is C9H12O6. The highest BCUT2D eigenvalue weighted by Gasteiger charge is 2.14. The van der Waals surface area contributed by atoms with Crippen molar-refractivity contribution in [3.05, 3.63) is 24.5 Å². The van der Waals surface area contributed by atoms with Crippen LogP contribution >= 0.6 is 0 Å². The summed E-state index contributed by atoms with van der Waals surface area (Å²) >= 11 is 0. The first-order valence-electron chi connectivity index (χ1n) is 3.63. The number of carbonyl (C=O) groups is 3. The second-order valence-corrected chi connectivity index (χ2v) is 2.19. The summed E-state index contributed by atoms with van der Waals surface area (Å²) in [6.45, 7) is 7.69. The molecule has 0 rings (SSSR count). The number of hydrogen-bond acceptors (Lipinski definition) is 5. The summed E-state index contributed by atoms with van der Waals surface area (Å²) in [7, 11) is 1.26. The highest BCUT2D eigenvalue weighted by atomic mass is 16.6. The number of ether oxygens (including phenoxy) is 2. The van der Waals surface area contributed by atoms with Gasteiger partial charge in [-0.2, -0.15) is 0 Å². The molecule has 0 atom stereocenters. The number of hydrogen-bond donors (Lipinski definition) is 1. The van der Waals surface area contributed by atoms with Crippen LogP contribution in [-0.4, -0.2) is 30.6 Å². The fourth-order valence-electron chi connectivity index (χ4n) is 0.312. The van der Waals surface area contributed by atoms with Gasteiger partial charge in [0.15, 0.2) is 5.76 Å². The Kier molecular flexibility index (Phi) is 8.69. The first kappa shape index (κ1) is 15.4. The van der Waals surface area contributed by atoms with Gasteiger partial charge in [0.05, 0.1) is 7.11 Å². The molecule has 84 valence electrons. The van der Waals surface area contributed by atoms with E-state index in [1.54, 1.807) is 0 Å². The Bertz CT molecular complexity index is 278. The van der Waals surface area contributed by atoms with Crippen molar-refractivity contribution in [2.24, 2.45) is 0 Å². The lowest BCUT2D eigenvalue weighted by atomic mass is 10.4. The maximum atomic E-state index is 10.8. The van der Waals surface area contributed by atoms with E-state index in [-0.39, 0.29) is 17.8 Å². The van der Waals surface area contributed by atoms with E-state index in [9.17, 15) is 9.59 Å². The van der Waals surface area contributed by atoms with Gasteiger partial charge in [-0.05, 0) is 13.5 Å². The monoisotopic (exact) mass is 216 g/mol. The highest BCUT2D eigenvalue weighted by Crippen LogP contribution is 1.98. The van der Waals surface area contributed by atoms with E-state index in [1.807, 2.05) is 0 Å². The number of methoxy groups -OCH3 is 1. The van der Waals surface area contributed by atoms with Crippen molar-refractivity contribution < 1.29 is 29.0 Å². The van der Waals surface area contributed by atoms with Gasteiger partial charge in [-0.25, -0.2) is 9.59 Å². The minimum atomic E-state index is -0.898. The lowest BCUT2D eigenvalue weighted by Gasteiger charge is -2.02. The second-order valence-electron chi connectivity index (χ2n) is 2.19. The van der Waals surface area contributed by atoms with Gasteiger partial charge in [-0.3, -0.25) is 4.79 Å². The topological polar surface area (TPSA) is 89.9 Å². The summed E-state index contributed by atoms with van der Waals surface area (Å²) in [6.07, 6.45) is 0. The molecule has 15 heavy (non-hydrogen) atoms. The van der Waals surface area contributed by atoms with E-state index in [0.717, 1.165) is 0 Å². The smallest absolute Gasteiger partial charge is 0.380 e. The molecule has 0 saturated carbocycles. The fraction of sp³-hybridized carbons (Fsp3) is 0.222. The van der Waals surface area contributed by atoms with E-state index < -0.39 is 11.9 Å². The quantitative estimate of drug-likeness (QED) is 0.243. The van der Waals surface area contributed by atoms with Crippen molar-refractivity contribution >= 4 is 18.4 Å². The fourth-order valence-corrected chi connectivity index (χ4v) is 0.312. The van der Waals surface area contributed by atoms with Crippen LogP contribution < -0.4 is 0 Å². The molecular weight excluding hydrogens is 204 g/mol. The number of rotatable bonds is 3. The minimum absolute atomic E-state index is 0.146. The van der Waals surface area contributed by atoms with Gasteiger partial charge in [0.2, 0.25) is 0 Å². The molecule has 0 aliphatic carbocycles. The molecule has 0 aromatic carbocycles. The zero-order valence-corrected chi connectivity index (χ0v) is 8.48. The van der Waals surface area contributed by atoms with E-state index in [4.69, 9.17) is 9.90 Å². The van der Waals surface area contributed by atoms with Gasteiger partial charge >= 0.3 is 11.9 Å². The lowest BCUT2D eigenvalue weighted by Crippen LogP contribution is -2.14. The minimum Gasteiger partial charge on any atom is -0.490 e. The van der Waals surface area contributed by atoms with E-state index in [2.05, 4.69) is 22.6 Å². The largest absolute Gasteiger partial charge is 0.490 e. The third-order valence-corrected chi connectivity index (χ3v) is 1.01. The van der Waals surface area contributed by atoms with Gasteiger partial charge < -0.3 is 14.6 Å². The standard InChI is InChI=1S/C8H10O4.CH2O2/c1-5(2)7(9)12-8(10)6(3)11-4;2-1-3/h1,3H2,2,4H3;1H,(H,2,3). The molecule has 0 unspecified atom stereocenters. The zero-order valence-electron chi connectivity index (χ0n) is 8.48. The molecule has 0 amide bonds. The molecule has 1 N–H and O–H groups in total. The van der Waals surface area contributed by atoms with Gasteiger partial charge in [0.25, 0.3) is 6.47 Å². The molecule has 0 radical (unpaired) electrons. The first-order chi connectivity index (χ1) is 6.90. The molecule has 0 aliphatic rings. The molecule has 0 aromatic rings. The van der Waals surface area contributed by atoms with E-state index in [1.165, 1.54) is 14.0 Å². The normalized spacial score (nSPS) is 7.60. The maximum absolute atomic E-state index is 10.8. The number of carboxylic acid groups (broad SMARTS) is 1. The van der Waals surface area contributed by atoms with Crippen LogP contribution in [0.2, 0.25) is 0 Å². The van der Waals surface area contributed by atoms with Crippen LogP contribution in [0.5, 0.6) is 0 Å². The van der Waals surface area contributed by atoms with Crippen LogP contribution in [0.25, 0.3) is 0 Å². The number of esters is 2. The predicted molar refractivity (Wildman–Crippen MR) is 50.8 cm³/mol. The Balaban J connectivity index is 0. The van der Waals surface area contributed by atoms with Gasteiger partial charge in [0, 0.05) is 5.57 Å². The summed E-state index contributed by atoms with van der Waals surface area (Å²) in [5.74, 6) is -1.90. The highest BCUT2D eigenvalue weighted by molar-refractivity contribution is 6.00. The molecule has 0 aliphatic heterocycles. The maximum Gasteiger partial charge on any atom is 0.380 e. The van der Waals surface area contributed by atoms with Gasteiger partial charge in [-0.1, -0.05) is 6.58 Å². The molecule has 0 aromatic heterocycles. The Morgan fingerprint density at radius 3 is 1.93 bits per heavy atom. The Hall–Kier alpha value is -2.11. The van der Waals surface area contributed by atoms with Crippen molar-refractivity contribution in [1.82, 2.24) is 0 Å². The SMILES string of the molecule is C=C(C)C(=O)OC(=O)C(=C)OC.O=CO. The van der Waals surface area contributed by atoms with Gasteiger partial charge in [-0.15, -0.1) is 0 Å². The molecule has 0 saturated heterocycles. The van der Waals surface area contributed by atoms with Gasteiger partial charge in [0.1, 0.15) is 0 Å². The summed E-state index contributed by atoms with van der Waals surface area (Å²) in [6, 6.07) is 0. The van der Waals surface area contributed by atoms with Crippen LogP contribution in [0, 0.1) is 0 Å². The Morgan fingerprint density at radius 2 is 1.67 bits per heavy atom. The Labute approximate surface area is 86.8 Å². The zero-order chi connectivity index (χ0) is 12.4. The van der Waals surface area contributed by atoms with Crippen molar-refractivity contribution in [3.8, 4) is 0 Å². The van der Waals surface area contributed by atoms with Crippen LogP contribution in [-0.2, 0) is 23.9 Å². The van der Waals surface area contributed by atoms with Crippen LogP contribution in [0.4, 0.5) is 0 Å². The molecule has 6 nitrogen and oxygen atoms in total. The summed E-state index contributed by atoms with van der Waals surface area (Å²) in [5, 5.41) is 6.89. The third-order valence-electron chi connectivity index (χ3n) is 1.01. The second kappa shape index (κ2) is 8.49. The summed E-state index contributed by atoms with van der Waals surface area (Å²) in [5.41, 5.74) is 0.146. The van der Waals surface area contributed by atoms with Crippen LogP contribution in [0.15, 0.2) is 24.5 Å².